The summed E-state index contributed by atoms with van der Waals surface area (Å²) in [5.41, 5.74) is 6.97. The van der Waals surface area contributed by atoms with Gasteiger partial charge in [0.25, 0.3) is 5.91 Å². The van der Waals surface area contributed by atoms with E-state index in [0.29, 0.717) is 18.8 Å². The number of hydrogen-bond acceptors (Lipinski definition) is 4. The van der Waals surface area contributed by atoms with Crippen LogP contribution in [0.15, 0.2) is 18.2 Å². The number of ether oxygens (including phenoxy) is 2. The van der Waals surface area contributed by atoms with E-state index < -0.39 is 5.60 Å². The van der Waals surface area contributed by atoms with Gasteiger partial charge in [0.15, 0.2) is 0 Å². The summed E-state index contributed by atoms with van der Waals surface area (Å²) in [6.45, 7) is 4.93. The van der Waals surface area contributed by atoms with Crippen molar-refractivity contribution in [3.05, 3.63) is 23.8 Å². The van der Waals surface area contributed by atoms with E-state index in [9.17, 15) is 4.79 Å². The maximum absolute atomic E-state index is 12.1. The number of carbonyl (C=O) groups excluding carboxylic acids is 1. The summed E-state index contributed by atoms with van der Waals surface area (Å²) in [5.74, 6) is 0.629. The Bertz CT molecular complexity index is 486. The minimum absolute atomic E-state index is 0.0637. The Morgan fingerprint density at radius 2 is 2.26 bits per heavy atom. The molecule has 1 aromatic rings. The second-order valence-electron chi connectivity index (χ2n) is 5.28. The number of anilines is 1. The standard InChI is InChI=1S/C14H20N2O3/c1-14(2)9-16(13(17)8-18-3)11-5-4-10(7-15)6-12(11)19-14/h4-6H,7-9,15H2,1-3H3. The molecule has 0 spiro atoms. The second kappa shape index (κ2) is 5.19. The smallest absolute Gasteiger partial charge is 0.253 e. The molecule has 5 heteroatoms. The molecule has 0 radical (unpaired) electrons. The van der Waals surface area contributed by atoms with Gasteiger partial charge in [0.05, 0.1) is 12.2 Å². The normalized spacial score (nSPS) is 16.7. The Kier molecular flexibility index (Phi) is 3.78. The second-order valence-corrected chi connectivity index (χ2v) is 5.28. The van der Waals surface area contributed by atoms with Gasteiger partial charge in [-0.1, -0.05) is 6.07 Å². The summed E-state index contributed by atoms with van der Waals surface area (Å²) in [6, 6.07) is 5.68. The van der Waals surface area contributed by atoms with Gasteiger partial charge >= 0.3 is 0 Å². The highest BCUT2D eigenvalue weighted by molar-refractivity contribution is 5.96. The third-order valence-corrected chi connectivity index (χ3v) is 3.04. The Balaban J connectivity index is 2.40. The molecule has 0 saturated carbocycles. The summed E-state index contributed by atoms with van der Waals surface area (Å²) in [4.78, 5) is 13.8. The number of amides is 1. The molecule has 5 nitrogen and oxygen atoms in total. The van der Waals surface area contributed by atoms with Crippen LogP contribution in [0.4, 0.5) is 5.69 Å². The lowest BCUT2D eigenvalue weighted by atomic mass is 10.0. The monoisotopic (exact) mass is 264 g/mol. The Hall–Kier alpha value is -1.59. The molecule has 0 aromatic heterocycles. The number of hydrogen-bond donors (Lipinski definition) is 1. The average molecular weight is 264 g/mol. The fourth-order valence-corrected chi connectivity index (χ4v) is 2.21. The number of fused-ring (bicyclic) bond motifs is 1. The van der Waals surface area contributed by atoms with Crippen LogP contribution in [-0.4, -0.2) is 31.8 Å². The first-order valence-corrected chi connectivity index (χ1v) is 6.28. The summed E-state index contributed by atoms with van der Waals surface area (Å²) in [6.07, 6.45) is 0. The highest BCUT2D eigenvalue weighted by atomic mass is 16.5. The van der Waals surface area contributed by atoms with Crippen LogP contribution < -0.4 is 15.4 Å². The molecule has 1 aliphatic heterocycles. The molecule has 0 bridgehead atoms. The summed E-state index contributed by atoms with van der Waals surface area (Å²) in [7, 11) is 1.52. The van der Waals surface area contributed by atoms with Crippen LogP contribution >= 0.6 is 0 Å². The van der Waals surface area contributed by atoms with Crippen molar-refractivity contribution in [3.8, 4) is 5.75 Å². The molecule has 19 heavy (non-hydrogen) atoms. The molecular weight excluding hydrogens is 244 g/mol. The number of nitrogens with zero attached hydrogens (tertiary/aromatic N) is 1. The van der Waals surface area contributed by atoms with Crippen molar-refractivity contribution in [2.24, 2.45) is 5.73 Å². The molecule has 0 aliphatic carbocycles. The molecule has 0 fully saturated rings. The van der Waals surface area contributed by atoms with Gasteiger partial charge < -0.3 is 20.1 Å². The molecule has 1 heterocycles. The Morgan fingerprint density at radius 3 is 2.89 bits per heavy atom. The first-order valence-electron chi connectivity index (χ1n) is 6.28. The van der Waals surface area contributed by atoms with Crippen LogP contribution in [-0.2, 0) is 16.1 Å². The minimum atomic E-state index is -0.427. The number of rotatable bonds is 3. The zero-order chi connectivity index (χ0) is 14.0. The van der Waals surface area contributed by atoms with Crippen molar-refractivity contribution in [1.82, 2.24) is 0 Å². The van der Waals surface area contributed by atoms with E-state index in [1.54, 1.807) is 4.90 Å². The Labute approximate surface area is 113 Å². The van der Waals surface area contributed by atoms with Gasteiger partial charge in [-0.3, -0.25) is 4.79 Å². The topological polar surface area (TPSA) is 64.8 Å². The number of benzene rings is 1. The van der Waals surface area contributed by atoms with Crippen LogP contribution in [0.1, 0.15) is 19.4 Å². The van der Waals surface area contributed by atoms with Gasteiger partial charge in [-0.15, -0.1) is 0 Å². The molecule has 0 unspecified atom stereocenters. The van der Waals surface area contributed by atoms with E-state index in [1.165, 1.54) is 7.11 Å². The summed E-state index contributed by atoms with van der Waals surface area (Å²) >= 11 is 0. The predicted molar refractivity (Wildman–Crippen MR) is 73.3 cm³/mol. The van der Waals surface area contributed by atoms with Crippen LogP contribution in [0.2, 0.25) is 0 Å². The molecule has 104 valence electrons. The fourth-order valence-electron chi connectivity index (χ4n) is 2.21. The first kappa shape index (κ1) is 13.8. The van der Waals surface area contributed by atoms with Crippen molar-refractivity contribution in [2.75, 3.05) is 25.2 Å². The van der Waals surface area contributed by atoms with E-state index in [0.717, 1.165) is 11.3 Å². The molecule has 0 saturated heterocycles. The molecule has 2 N–H and O–H groups in total. The van der Waals surface area contributed by atoms with E-state index in [-0.39, 0.29) is 12.5 Å². The fraction of sp³-hybridized carbons (Fsp3) is 0.500. The van der Waals surface area contributed by atoms with Crippen molar-refractivity contribution in [2.45, 2.75) is 26.0 Å². The van der Waals surface area contributed by atoms with Crippen molar-refractivity contribution >= 4 is 11.6 Å². The average Bonchev–Trinajstić information content (AvgIpc) is 2.36. The van der Waals surface area contributed by atoms with Crippen molar-refractivity contribution in [3.63, 3.8) is 0 Å². The zero-order valence-electron chi connectivity index (χ0n) is 11.6. The van der Waals surface area contributed by atoms with Crippen LogP contribution in [0, 0.1) is 0 Å². The van der Waals surface area contributed by atoms with E-state index >= 15 is 0 Å². The molecule has 2 rings (SSSR count). The van der Waals surface area contributed by atoms with Crippen molar-refractivity contribution in [1.29, 1.82) is 0 Å². The zero-order valence-corrected chi connectivity index (χ0v) is 11.6. The predicted octanol–water partition coefficient (Wildman–Crippen LogP) is 1.30. The molecule has 0 atom stereocenters. The maximum atomic E-state index is 12.1. The highest BCUT2D eigenvalue weighted by Crippen LogP contribution is 2.37. The van der Waals surface area contributed by atoms with E-state index in [1.807, 2.05) is 32.0 Å². The summed E-state index contributed by atoms with van der Waals surface area (Å²) in [5, 5.41) is 0. The first-order chi connectivity index (χ1) is 8.96. The van der Waals surface area contributed by atoms with E-state index in [2.05, 4.69) is 0 Å². The van der Waals surface area contributed by atoms with Crippen LogP contribution in [0.3, 0.4) is 0 Å². The number of nitrogens with two attached hydrogens (primary N) is 1. The van der Waals surface area contributed by atoms with Gasteiger partial charge in [0, 0.05) is 13.7 Å². The number of carbonyl (C=O) groups is 1. The van der Waals surface area contributed by atoms with Crippen LogP contribution in [0.5, 0.6) is 5.75 Å². The highest BCUT2D eigenvalue weighted by Gasteiger charge is 2.34. The summed E-state index contributed by atoms with van der Waals surface area (Å²) < 4.78 is 10.9. The van der Waals surface area contributed by atoms with Crippen molar-refractivity contribution < 1.29 is 14.3 Å². The maximum Gasteiger partial charge on any atom is 0.253 e. The molecule has 1 amide bonds. The Morgan fingerprint density at radius 1 is 1.53 bits per heavy atom. The van der Waals surface area contributed by atoms with E-state index in [4.69, 9.17) is 15.2 Å². The van der Waals surface area contributed by atoms with Gasteiger partial charge in [0.1, 0.15) is 18.0 Å². The SMILES string of the molecule is COCC(=O)N1CC(C)(C)Oc2cc(CN)ccc21. The van der Waals surface area contributed by atoms with Gasteiger partial charge in [-0.25, -0.2) is 0 Å². The molecular formula is C14H20N2O3. The quantitative estimate of drug-likeness (QED) is 0.893. The third-order valence-electron chi connectivity index (χ3n) is 3.04. The lowest BCUT2D eigenvalue weighted by molar-refractivity contribution is -0.123. The molecule has 1 aromatic carbocycles. The minimum Gasteiger partial charge on any atom is -0.484 e. The lowest BCUT2D eigenvalue weighted by Gasteiger charge is -2.39. The third kappa shape index (κ3) is 2.88. The lowest BCUT2D eigenvalue weighted by Crippen LogP contribution is -2.50. The van der Waals surface area contributed by atoms with Gasteiger partial charge in [0.2, 0.25) is 0 Å². The van der Waals surface area contributed by atoms with Crippen LogP contribution in [0.25, 0.3) is 0 Å². The van der Waals surface area contributed by atoms with Gasteiger partial charge in [-0.05, 0) is 31.5 Å². The number of methoxy groups -OCH3 is 1. The van der Waals surface area contributed by atoms with Gasteiger partial charge in [-0.2, -0.15) is 0 Å². The molecule has 1 aliphatic rings. The largest absolute Gasteiger partial charge is 0.484 e.